The van der Waals surface area contributed by atoms with E-state index in [1.165, 1.54) is 0 Å². The number of amides is 1. The number of carbonyl (C=O) groups is 1. The number of nitrogens with one attached hydrogen (secondary N) is 1. The highest BCUT2D eigenvalue weighted by molar-refractivity contribution is 6.30. The van der Waals surface area contributed by atoms with Crippen molar-refractivity contribution in [2.24, 2.45) is 0 Å². The standard InChI is InChI=1S/C20H20ClN3O3/c1-13(17-8-7-16(26-2)12-19(17)27-3)22-20(25)18-9-10-24(23-18)15-6-4-5-14(21)11-15/h4-13H,1-3H3,(H,22,25). The summed E-state index contributed by atoms with van der Waals surface area (Å²) in [5, 5.41) is 7.88. The highest BCUT2D eigenvalue weighted by Gasteiger charge is 2.17. The minimum atomic E-state index is -0.277. The second-order valence-electron chi connectivity index (χ2n) is 5.93. The van der Waals surface area contributed by atoms with Crippen molar-refractivity contribution in [3.05, 3.63) is 71.0 Å². The third kappa shape index (κ3) is 4.23. The predicted octanol–water partition coefficient (Wildman–Crippen LogP) is 4.03. The summed E-state index contributed by atoms with van der Waals surface area (Å²) in [6, 6.07) is 14.1. The SMILES string of the molecule is COc1ccc(C(C)NC(=O)c2ccn(-c3cccc(Cl)c3)n2)c(OC)c1. The lowest BCUT2D eigenvalue weighted by molar-refractivity contribution is 0.0934. The largest absolute Gasteiger partial charge is 0.497 e. The summed E-state index contributed by atoms with van der Waals surface area (Å²) in [6.07, 6.45) is 1.72. The quantitative estimate of drug-likeness (QED) is 0.695. The fourth-order valence-electron chi connectivity index (χ4n) is 2.73. The molecule has 1 atom stereocenters. The zero-order valence-corrected chi connectivity index (χ0v) is 16.0. The van der Waals surface area contributed by atoms with Gasteiger partial charge in [0.25, 0.3) is 5.91 Å². The number of nitrogens with zero attached hydrogens (tertiary/aromatic N) is 2. The molecule has 6 nitrogen and oxygen atoms in total. The zero-order valence-electron chi connectivity index (χ0n) is 15.3. The van der Waals surface area contributed by atoms with Crippen LogP contribution < -0.4 is 14.8 Å². The van der Waals surface area contributed by atoms with Gasteiger partial charge in [-0.1, -0.05) is 17.7 Å². The van der Waals surface area contributed by atoms with Crippen LogP contribution in [-0.4, -0.2) is 29.9 Å². The lowest BCUT2D eigenvalue weighted by Gasteiger charge is -2.17. The van der Waals surface area contributed by atoms with E-state index in [-0.39, 0.29) is 11.9 Å². The van der Waals surface area contributed by atoms with E-state index in [9.17, 15) is 4.79 Å². The van der Waals surface area contributed by atoms with Gasteiger partial charge in [0.05, 0.1) is 25.9 Å². The molecule has 0 aliphatic rings. The Morgan fingerprint density at radius 3 is 2.67 bits per heavy atom. The van der Waals surface area contributed by atoms with E-state index in [1.54, 1.807) is 49.4 Å². The molecule has 0 aliphatic heterocycles. The van der Waals surface area contributed by atoms with Crippen molar-refractivity contribution >= 4 is 17.5 Å². The van der Waals surface area contributed by atoms with Crippen LogP contribution in [0.15, 0.2) is 54.7 Å². The van der Waals surface area contributed by atoms with Gasteiger partial charge >= 0.3 is 0 Å². The average Bonchev–Trinajstić information content (AvgIpc) is 3.17. The minimum Gasteiger partial charge on any atom is -0.497 e. The van der Waals surface area contributed by atoms with E-state index in [0.29, 0.717) is 22.2 Å². The topological polar surface area (TPSA) is 65.4 Å². The van der Waals surface area contributed by atoms with Crippen LogP contribution in [0, 0.1) is 0 Å². The zero-order chi connectivity index (χ0) is 19.4. The third-order valence-corrected chi connectivity index (χ3v) is 4.38. The first-order chi connectivity index (χ1) is 13.0. The summed E-state index contributed by atoms with van der Waals surface area (Å²) in [6.45, 7) is 1.89. The summed E-state index contributed by atoms with van der Waals surface area (Å²) in [7, 11) is 3.18. The highest BCUT2D eigenvalue weighted by atomic mass is 35.5. The van der Waals surface area contributed by atoms with Crippen LogP contribution in [-0.2, 0) is 0 Å². The van der Waals surface area contributed by atoms with E-state index >= 15 is 0 Å². The van der Waals surface area contributed by atoms with Gasteiger partial charge in [-0.25, -0.2) is 4.68 Å². The van der Waals surface area contributed by atoms with Crippen molar-refractivity contribution in [3.8, 4) is 17.2 Å². The van der Waals surface area contributed by atoms with Crippen molar-refractivity contribution in [2.75, 3.05) is 14.2 Å². The molecule has 1 aromatic heterocycles. The van der Waals surface area contributed by atoms with Gasteiger partial charge in [-0.2, -0.15) is 5.10 Å². The summed E-state index contributed by atoms with van der Waals surface area (Å²) >= 11 is 6.01. The van der Waals surface area contributed by atoms with Crippen LogP contribution >= 0.6 is 11.6 Å². The van der Waals surface area contributed by atoms with Crippen LogP contribution in [0.5, 0.6) is 11.5 Å². The van der Waals surface area contributed by atoms with Crippen molar-refractivity contribution < 1.29 is 14.3 Å². The molecule has 0 saturated carbocycles. The predicted molar refractivity (Wildman–Crippen MR) is 104 cm³/mol. The van der Waals surface area contributed by atoms with Crippen LogP contribution in [0.4, 0.5) is 0 Å². The second kappa shape index (κ2) is 8.14. The number of aromatic nitrogens is 2. The van der Waals surface area contributed by atoms with E-state index in [2.05, 4.69) is 10.4 Å². The van der Waals surface area contributed by atoms with Gasteiger partial charge < -0.3 is 14.8 Å². The highest BCUT2D eigenvalue weighted by Crippen LogP contribution is 2.29. The van der Waals surface area contributed by atoms with Crippen molar-refractivity contribution in [2.45, 2.75) is 13.0 Å². The van der Waals surface area contributed by atoms with Gasteiger partial charge in [0.15, 0.2) is 5.69 Å². The Labute approximate surface area is 162 Å². The van der Waals surface area contributed by atoms with Gasteiger partial charge in [0, 0.05) is 22.8 Å². The summed E-state index contributed by atoms with van der Waals surface area (Å²) in [5.41, 5.74) is 1.95. The van der Waals surface area contributed by atoms with Crippen LogP contribution in [0.3, 0.4) is 0 Å². The number of ether oxygens (including phenoxy) is 2. The van der Waals surface area contributed by atoms with E-state index in [0.717, 1.165) is 11.3 Å². The second-order valence-corrected chi connectivity index (χ2v) is 6.36. The summed E-state index contributed by atoms with van der Waals surface area (Å²) in [5.74, 6) is 1.06. The fourth-order valence-corrected chi connectivity index (χ4v) is 2.92. The molecule has 1 amide bonds. The van der Waals surface area contributed by atoms with Gasteiger partial charge in [0.1, 0.15) is 11.5 Å². The first-order valence-corrected chi connectivity index (χ1v) is 8.74. The number of rotatable bonds is 6. The Morgan fingerprint density at radius 1 is 1.15 bits per heavy atom. The molecule has 3 rings (SSSR count). The molecule has 1 N–H and O–H groups in total. The van der Waals surface area contributed by atoms with E-state index < -0.39 is 0 Å². The molecule has 1 heterocycles. The molecule has 1 unspecified atom stereocenters. The average molecular weight is 386 g/mol. The molecule has 2 aromatic carbocycles. The smallest absolute Gasteiger partial charge is 0.272 e. The fraction of sp³-hybridized carbons (Fsp3) is 0.200. The Bertz CT molecular complexity index is 955. The molecule has 3 aromatic rings. The van der Waals surface area contributed by atoms with E-state index in [1.807, 2.05) is 31.2 Å². The maximum atomic E-state index is 12.6. The first-order valence-electron chi connectivity index (χ1n) is 8.36. The first kappa shape index (κ1) is 18.8. The molecule has 0 aliphatic carbocycles. The molecular weight excluding hydrogens is 366 g/mol. The molecule has 140 valence electrons. The number of benzene rings is 2. The number of methoxy groups -OCH3 is 2. The molecular formula is C20H20ClN3O3. The summed E-state index contributed by atoms with van der Waals surface area (Å²) < 4.78 is 12.2. The van der Waals surface area contributed by atoms with Gasteiger partial charge in [-0.15, -0.1) is 0 Å². The maximum absolute atomic E-state index is 12.6. The van der Waals surface area contributed by atoms with Crippen LogP contribution in [0.1, 0.15) is 29.0 Å². The van der Waals surface area contributed by atoms with Crippen molar-refractivity contribution in [3.63, 3.8) is 0 Å². The van der Waals surface area contributed by atoms with Gasteiger partial charge in [0.2, 0.25) is 0 Å². The maximum Gasteiger partial charge on any atom is 0.272 e. The lowest BCUT2D eigenvalue weighted by atomic mass is 10.1. The van der Waals surface area contributed by atoms with E-state index in [4.69, 9.17) is 21.1 Å². The Kier molecular flexibility index (Phi) is 5.66. The lowest BCUT2D eigenvalue weighted by Crippen LogP contribution is -2.27. The van der Waals surface area contributed by atoms with Crippen LogP contribution in [0.2, 0.25) is 5.02 Å². The summed E-state index contributed by atoms with van der Waals surface area (Å²) in [4.78, 5) is 12.6. The minimum absolute atomic E-state index is 0.269. The Morgan fingerprint density at radius 2 is 1.96 bits per heavy atom. The molecule has 0 fully saturated rings. The monoisotopic (exact) mass is 385 g/mol. The van der Waals surface area contributed by atoms with Gasteiger partial charge in [-0.05, 0) is 43.3 Å². The third-order valence-electron chi connectivity index (χ3n) is 4.15. The van der Waals surface area contributed by atoms with Gasteiger partial charge in [-0.3, -0.25) is 4.79 Å². The Hall–Kier alpha value is -2.99. The molecule has 27 heavy (non-hydrogen) atoms. The molecule has 0 saturated heterocycles. The Balaban J connectivity index is 1.76. The normalized spacial score (nSPS) is 11.7. The number of hydrogen-bond donors (Lipinski definition) is 1. The number of carbonyl (C=O) groups excluding carboxylic acids is 1. The van der Waals surface area contributed by atoms with Crippen molar-refractivity contribution in [1.29, 1.82) is 0 Å². The number of hydrogen-bond acceptors (Lipinski definition) is 4. The molecule has 0 spiro atoms. The molecule has 0 bridgehead atoms. The number of halogens is 1. The molecule has 7 heteroatoms. The van der Waals surface area contributed by atoms with Crippen molar-refractivity contribution in [1.82, 2.24) is 15.1 Å². The molecule has 0 radical (unpaired) electrons. The van der Waals surface area contributed by atoms with Crippen LogP contribution in [0.25, 0.3) is 5.69 Å².